The average molecular weight is 394 g/mol. The second-order valence-electron chi connectivity index (χ2n) is 9.53. The van der Waals surface area contributed by atoms with Gasteiger partial charge >= 0.3 is 0 Å². The third-order valence-electron chi connectivity index (χ3n) is 5.49. The van der Waals surface area contributed by atoms with E-state index in [1.807, 2.05) is 42.2 Å². The zero-order valence-corrected chi connectivity index (χ0v) is 17.9. The first-order valence-corrected chi connectivity index (χ1v) is 10.6. The second-order valence-corrected chi connectivity index (χ2v) is 9.53. The first kappa shape index (κ1) is 19.8. The van der Waals surface area contributed by atoms with E-state index < -0.39 is 6.10 Å². The molecule has 1 aliphatic heterocycles. The van der Waals surface area contributed by atoms with Crippen molar-refractivity contribution in [2.75, 3.05) is 18.1 Å². The first-order valence-electron chi connectivity index (χ1n) is 10.6. The summed E-state index contributed by atoms with van der Waals surface area (Å²) in [5.74, 6) is 2.40. The average Bonchev–Trinajstić information content (AvgIpc) is 3.46. The van der Waals surface area contributed by atoms with E-state index in [4.69, 9.17) is 9.47 Å². The molecule has 0 aromatic heterocycles. The maximum atomic E-state index is 12.9. The zero-order chi connectivity index (χ0) is 20.6. The molecule has 1 aliphatic carbocycles. The Balaban J connectivity index is 1.39. The molecule has 2 fully saturated rings. The zero-order valence-electron chi connectivity index (χ0n) is 17.9. The molecule has 4 nitrogen and oxygen atoms in total. The van der Waals surface area contributed by atoms with E-state index in [1.54, 1.807) is 0 Å². The van der Waals surface area contributed by atoms with Gasteiger partial charge in [-0.05, 0) is 72.6 Å². The minimum absolute atomic E-state index is 0.0269. The molecule has 4 heteroatoms. The van der Waals surface area contributed by atoms with Crippen LogP contribution in [0.4, 0.5) is 5.69 Å². The lowest BCUT2D eigenvalue weighted by Gasteiger charge is -2.22. The minimum Gasteiger partial charge on any atom is -0.493 e. The molecule has 1 saturated heterocycles. The molecule has 1 unspecified atom stereocenters. The van der Waals surface area contributed by atoms with Gasteiger partial charge in [0.2, 0.25) is 0 Å². The van der Waals surface area contributed by atoms with Crippen LogP contribution >= 0.6 is 0 Å². The molecule has 2 aromatic rings. The Kier molecular flexibility index (Phi) is 5.28. The Morgan fingerprint density at radius 2 is 1.76 bits per heavy atom. The van der Waals surface area contributed by atoms with E-state index in [2.05, 4.69) is 32.9 Å². The Hall–Kier alpha value is -2.49. The highest BCUT2D eigenvalue weighted by atomic mass is 16.5. The van der Waals surface area contributed by atoms with E-state index in [0.29, 0.717) is 19.6 Å². The van der Waals surface area contributed by atoms with E-state index in [0.717, 1.165) is 28.7 Å². The lowest BCUT2D eigenvalue weighted by Crippen LogP contribution is -2.32. The molecule has 29 heavy (non-hydrogen) atoms. The summed E-state index contributed by atoms with van der Waals surface area (Å²) in [5.41, 5.74) is 3.43. The number of benzene rings is 2. The molecule has 0 spiro atoms. The smallest absolute Gasteiger partial charge is 0.268 e. The second kappa shape index (κ2) is 7.74. The van der Waals surface area contributed by atoms with Crippen LogP contribution < -0.4 is 14.4 Å². The van der Waals surface area contributed by atoms with Crippen LogP contribution in [0.25, 0.3) is 0 Å². The summed E-state index contributed by atoms with van der Waals surface area (Å²) in [6.07, 6.45) is 2.86. The van der Waals surface area contributed by atoms with Gasteiger partial charge < -0.3 is 14.4 Å². The number of carbonyl (C=O) groups is 1. The van der Waals surface area contributed by atoms with Crippen LogP contribution in [0.1, 0.15) is 57.1 Å². The van der Waals surface area contributed by atoms with Crippen molar-refractivity contribution in [3.8, 4) is 11.5 Å². The molecule has 1 atom stereocenters. The molecule has 0 N–H and O–H groups in total. The number of amides is 1. The van der Waals surface area contributed by atoms with Gasteiger partial charge in [-0.3, -0.25) is 4.79 Å². The number of hydrogen-bond donors (Lipinski definition) is 0. The Morgan fingerprint density at radius 1 is 1.03 bits per heavy atom. The standard InChI is InChI=1S/C25H31NO3/c1-17-15-20(9-12-22(17)28-16-25(2,3)4)26-14-13-23(24(26)27)29-21-10-7-19(8-11-21)18-5-6-18/h7-12,15,18,23H,5-6,13-14,16H2,1-4H3. The van der Waals surface area contributed by atoms with Crippen LogP contribution in [0.15, 0.2) is 42.5 Å². The molecular formula is C25H31NO3. The third kappa shape index (κ3) is 4.75. The number of hydrogen-bond acceptors (Lipinski definition) is 3. The molecule has 0 bridgehead atoms. The van der Waals surface area contributed by atoms with Gasteiger partial charge in [-0.2, -0.15) is 0 Å². The third-order valence-corrected chi connectivity index (χ3v) is 5.49. The van der Waals surface area contributed by atoms with Crippen LogP contribution in [0.5, 0.6) is 11.5 Å². The SMILES string of the molecule is Cc1cc(N2CCC(Oc3ccc(C4CC4)cc3)C2=O)ccc1OCC(C)(C)C. The normalized spacial score (nSPS) is 19.5. The van der Waals surface area contributed by atoms with Crippen molar-refractivity contribution >= 4 is 11.6 Å². The monoisotopic (exact) mass is 393 g/mol. The predicted octanol–water partition coefficient (Wildman–Crippen LogP) is 5.48. The van der Waals surface area contributed by atoms with Gasteiger partial charge in [-0.15, -0.1) is 0 Å². The summed E-state index contributed by atoms with van der Waals surface area (Å²) in [5, 5.41) is 0. The summed E-state index contributed by atoms with van der Waals surface area (Å²) >= 11 is 0. The van der Waals surface area contributed by atoms with Crippen LogP contribution in [0.2, 0.25) is 0 Å². The molecule has 154 valence electrons. The van der Waals surface area contributed by atoms with Gasteiger partial charge in [0.05, 0.1) is 6.61 Å². The lowest BCUT2D eigenvalue weighted by atomic mass is 9.98. The van der Waals surface area contributed by atoms with Gasteiger partial charge in [0.1, 0.15) is 11.5 Å². The molecule has 2 aliphatic rings. The highest BCUT2D eigenvalue weighted by Crippen LogP contribution is 2.40. The van der Waals surface area contributed by atoms with Gasteiger partial charge in [-0.25, -0.2) is 0 Å². The van der Waals surface area contributed by atoms with Crippen molar-refractivity contribution in [1.29, 1.82) is 0 Å². The summed E-state index contributed by atoms with van der Waals surface area (Å²) in [4.78, 5) is 14.7. The van der Waals surface area contributed by atoms with Crippen molar-refractivity contribution < 1.29 is 14.3 Å². The van der Waals surface area contributed by atoms with Crippen molar-refractivity contribution in [1.82, 2.24) is 0 Å². The van der Waals surface area contributed by atoms with E-state index in [9.17, 15) is 4.79 Å². The van der Waals surface area contributed by atoms with Gasteiger partial charge in [0.15, 0.2) is 6.10 Å². The van der Waals surface area contributed by atoms with Crippen LogP contribution in [0.3, 0.4) is 0 Å². The van der Waals surface area contributed by atoms with Crippen LogP contribution in [-0.4, -0.2) is 25.2 Å². The van der Waals surface area contributed by atoms with Crippen LogP contribution in [-0.2, 0) is 4.79 Å². The highest BCUT2D eigenvalue weighted by molar-refractivity contribution is 5.99. The first-order chi connectivity index (χ1) is 13.8. The molecule has 1 saturated carbocycles. The lowest BCUT2D eigenvalue weighted by molar-refractivity contribution is -0.122. The number of ether oxygens (including phenoxy) is 2. The maximum Gasteiger partial charge on any atom is 0.268 e. The molecular weight excluding hydrogens is 362 g/mol. The molecule has 4 rings (SSSR count). The fraction of sp³-hybridized carbons (Fsp3) is 0.480. The van der Waals surface area contributed by atoms with E-state index in [1.165, 1.54) is 18.4 Å². The van der Waals surface area contributed by atoms with Gasteiger partial charge in [0.25, 0.3) is 5.91 Å². The highest BCUT2D eigenvalue weighted by Gasteiger charge is 2.34. The number of anilines is 1. The van der Waals surface area contributed by atoms with Crippen molar-refractivity contribution in [2.24, 2.45) is 5.41 Å². The quantitative estimate of drug-likeness (QED) is 0.652. The molecule has 2 aromatic carbocycles. The van der Waals surface area contributed by atoms with Crippen molar-refractivity contribution in [2.45, 2.75) is 59.0 Å². The Morgan fingerprint density at radius 3 is 2.38 bits per heavy atom. The fourth-order valence-corrected chi connectivity index (χ4v) is 3.68. The maximum absolute atomic E-state index is 12.9. The summed E-state index contributed by atoms with van der Waals surface area (Å²) < 4.78 is 12.0. The Labute approximate surface area is 173 Å². The number of rotatable bonds is 6. The fourth-order valence-electron chi connectivity index (χ4n) is 3.68. The van der Waals surface area contributed by atoms with E-state index >= 15 is 0 Å². The number of carbonyl (C=O) groups excluding carboxylic acids is 1. The summed E-state index contributed by atoms with van der Waals surface area (Å²) in [6.45, 7) is 9.81. The van der Waals surface area contributed by atoms with Crippen molar-refractivity contribution in [3.63, 3.8) is 0 Å². The Bertz CT molecular complexity index is 878. The van der Waals surface area contributed by atoms with Gasteiger partial charge in [-0.1, -0.05) is 32.9 Å². The molecule has 0 radical (unpaired) electrons. The summed E-state index contributed by atoms with van der Waals surface area (Å²) in [7, 11) is 0. The number of aryl methyl sites for hydroxylation is 1. The number of nitrogens with zero attached hydrogens (tertiary/aromatic N) is 1. The van der Waals surface area contributed by atoms with Gasteiger partial charge in [0, 0.05) is 18.7 Å². The summed E-state index contributed by atoms with van der Waals surface area (Å²) in [6, 6.07) is 14.2. The minimum atomic E-state index is -0.418. The molecule has 1 amide bonds. The van der Waals surface area contributed by atoms with Crippen LogP contribution in [0, 0.1) is 12.3 Å². The molecule has 1 heterocycles. The largest absolute Gasteiger partial charge is 0.493 e. The van der Waals surface area contributed by atoms with E-state index in [-0.39, 0.29) is 11.3 Å². The topological polar surface area (TPSA) is 38.8 Å². The predicted molar refractivity (Wildman–Crippen MR) is 116 cm³/mol. The van der Waals surface area contributed by atoms with Crippen molar-refractivity contribution in [3.05, 3.63) is 53.6 Å².